The fourth-order valence-corrected chi connectivity index (χ4v) is 1.63. The third-order valence-corrected chi connectivity index (χ3v) is 2.41. The Morgan fingerprint density at radius 1 is 1.58 bits per heavy atom. The largest absolute Gasteiger partial charge is 0.461 e. The Hall–Kier alpha value is -2.39. The summed E-state index contributed by atoms with van der Waals surface area (Å²) in [5.74, 6) is -0.150. The summed E-state index contributed by atoms with van der Waals surface area (Å²) in [7, 11) is 0. The highest BCUT2D eigenvalue weighted by Crippen LogP contribution is 2.13. The lowest BCUT2D eigenvalue weighted by Crippen LogP contribution is -2.07. The third kappa shape index (κ3) is 2.89. The molecule has 6 nitrogen and oxygen atoms in total. The fourth-order valence-electron chi connectivity index (χ4n) is 1.43. The van der Waals surface area contributed by atoms with Crippen molar-refractivity contribution in [3.05, 3.63) is 40.8 Å². The SMILES string of the molecule is CCOC(=O)c1ccn(-c2cc(C#N)cc(Cl)n2)n1. The molecule has 0 N–H and O–H groups in total. The van der Waals surface area contributed by atoms with E-state index in [2.05, 4.69) is 10.1 Å². The van der Waals surface area contributed by atoms with E-state index in [1.165, 1.54) is 22.9 Å². The first kappa shape index (κ1) is 13.1. The molecule has 0 amide bonds. The molecule has 0 aromatic carbocycles. The van der Waals surface area contributed by atoms with Crippen LogP contribution < -0.4 is 0 Å². The van der Waals surface area contributed by atoms with E-state index in [1.54, 1.807) is 13.1 Å². The number of carbonyl (C=O) groups is 1. The van der Waals surface area contributed by atoms with Crippen molar-refractivity contribution in [1.82, 2.24) is 14.8 Å². The van der Waals surface area contributed by atoms with Gasteiger partial charge in [-0.15, -0.1) is 0 Å². The minimum Gasteiger partial charge on any atom is -0.461 e. The van der Waals surface area contributed by atoms with Crippen molar-refractivity contribution in [1.29, 1.82) is 5.26 Å². The summed E-state index contributed by atoms with van der Waals surface area (Å²) in [5.41, 5.74) is 0.533. The van der Waals surface area contributed by atoms with Crippen LogP contribution in [0, 0.1) is 11.3 Å². The quantitative estimate of drug-likeness (QED) is 0.632. The minimum absolute atomic E-state index is 0.169. The number of pyridine rings is 1. The molecule has 0 atom stereocenters. The first-order valence-corrected chi connectivity index (χ1v) is 5.82. The molecule has 0 bridgehead atoms. The van der Waals surface area contributed by atoms with Crippen molar-refractivity contribution in [3.63, 3.8) is 0 Å². The summed E-state index contributed by atoms with van der Waals surface area (Å²) < 4.78 is 6.19. The van der Waals surface area contributed by atoms with Gasteiger partial charge >= 0.3 is 5.97 Å². The average molecular weight is 277 g/mol. The van der Waals surface area contributed by atoms with Gasteiger partial charge in [-0.25, -0.2) is 14.5 Å². The Bertz CT molecular complexity index is 660. The van der Waals surface area contributed by atoms with Gasteiger partial charge in [-0.3, -0.25) is 0 Å². The Morgan fingerprint density at radius 3 is 3.05 bits per heavy atom. The smallest absolute Gasteiger partial charge is 0.358 e. The molecule has 0 fully saturated rings. The van der Waals surface area contributed by atoms with Gasteiger partial charge in [0.2, 0.25) is 0 Å². The Balaban J connectivity index is 2.35. The number of nitrogens with zero attached hydrogens (tertiary/aromatic N) is 4. The second-order valence-electron chi connectivity index (χ2n) is 3.51. The van der Waals surface area contributed by atoms with E-state index in [-0.39, 0.29) is 17.5 Å². The van der Waals surface area contributed by atoms with Gasteiger partial charge < -0.3 is 4.74 Å². The van der Waals surface area contributed by atoms with Gasteiger partial charge in [-0.1, -0.05) is 11.6 Å². The van der Waals surface area contributed by atoms with Gasteiger partial charge in [-0.05, 0) is 19.1 Å². The van der Waals surface area contributed by atoms with Crippen molar-refractivity contribution >= 4 is 17.6 Å². The molecule has 2 aromatic rings. The monoisotopic (exact) mass is 276 g/mol. The summed E-state index contributed by atoms with van der Waals surface area (Å²) in [4.78, 5) is 15.5. The summed E-state index contributed by atoms with van der Waals surface area (Å²) in [5, 5.41) is 13.1. The number of hydrogen-bond donors (Lipinski definition) is 0. The number of esters is 1. The molecular weight excluding hydrogens is 268 g/mol. The van der Waals surface area contributed by atoms with Gasteiger partial charge in [0.25, 0.3) is 0 Å². The van der Waals surface area contributed by atoms with E-state index in [9.17, 15) is 4.79 Å². The van der Waals surface area contributed by atoms with Crippen molar-refractivity contribution in [2.75, 3.05) is 6.61 Å². The van der Waals surface area contributed by atoms with Crippen LogP contribution in [0.2, 0.25) is 5.15 Å². The minimum atomic E-state index is -0.510. The molecule has 0 saturated carbocycles. The number of rotatable bonds is 3. The van der Waals surface area contributed by atoms with Gasteiger partial charge in [0.1, 0.15) is 5.15 Å². The zero-order chi connectivity index (χ0) is 13.8. The second kappa shape index (κ2) is 5.50. The van der Waals surface area contributed by atoms with Gasteiger partial charge in [0, 0.05) is 12.3 Å². The van der Waals surface area contributed by atoms with Crippen LogP contribution in [0.3, 0.4) is 0 Å². The first-order valence-electron chi connectivity index (χ1n) is 5.45. The highest BCUT2D eigenvalue weighted by atomic mass is 35.5. The summed E-state index contributed by atoms with van der Waals surface area (Å²) in [6.45, 7) is 1.99. The summed E-state index contributed by atoms with van der Waals surface area (Å²) >= 11 is 5.80. The van der Waals surface area contributed by atoms with Crippen LogP contribution in [-0.2, 0) is 4.74 Å². The lowest BCUT2D eigenvalue weighted by molar-refractivity contribution is 0.0519. The van der Waals surface area contributed by atoms with E-state index in [4.69, 9.17) is 21.6 Å². The maximum absolute atomic E-state index is 11.5. The third-order valence-electron chi connectivity index (χ3n) is 2.22. The lowest BCUT2D eigenvalue weighted by atomic mass is 10.3. The molecule has 0 aliphatic heterocycles. The second-order valence-corrected chi connectivity index (χ2v) is 3.90. The maximum atomic E-state index is 11.5. The van der Waals surface area contributed by atoms with Crippen molar-refractivity contribution in [2.45, 2.75) is 6.92 Å². The van der Waals surface area contributed by atoms with Gasteiger partial charge in [0.05, 0.1) is 18.2 Å². The summed E-state index contributed by atoms with van der Waals surface area (Å²) in [6.07, 6.45) is 1.55. The molecule has 2 rings (SSSR count). The number of aromatic nitrogens is 3. The highest BCUT2D eigenvalue weighted by Gasteiger charge is 2.12. The summed E-state index contributed by atoms with van der Waals surface area (Å²) in [6, 6.07) is 6.44. The van der Waals surface area contributed by atoms with E-state index in [1.807, 2.05) is 6.07 Å². The fraction of sp³-hybridized carbons (Fsp3) is 0.167. The van der Waals surface area contributed by atoms with Crippen LogP contribution in [0.4, 0.5) is 0 Å². The standard InChI is InChI=1S/C12H9ClN4O2/c1-2-19-12(18)9-3-4-17(16-9)11-6-8(7-14)5-10(13)15-11/h3-6H,2H2,1H3. The van der Waals surface area contributed by atoms with Gasteiger partial charge in [-0.2, -0.15) is 10.4 Å². The first-order chi connectivity index (χ1) is 9.13. The molecule has 7 heteroatoms. The van der Waals surface area contributed by atoms with Crippen LogP contribution in [-0.4, -0.2) is 27.3 Å². The van der Waals surface area contributed by atoms with Crippen LogP contribution in [0.5, 0.6) is 0 Å². The Morgan fingerprint density at radius 2 is 2.37 bits per heavy atom. The Kier molecular flexibility index (Phi) is 3.78. The van der Waals surface area contributed by atoms with E-state index < -0.39 is 5.97 Å². The number of halogens is 1. The predicted molar refractivity (Wildman–Crippen MR) is 67.0 cm³/mol. The van der Waals surface area contributed by atoms with Crippen LogP contribution in [0.1, 0.15) is 23.0 Å². The number of nitriles is 1. The van der Waals surface area contributed by atoms with E-state index in [0.717, 1.165) is 0 Å². The lowest BCUT2D eigenvalue weighted by Gasteiger charge is -2.01. The molecule has 0 aliphatic carbocycles. The zero-order valence-corrected chi connectivity index (χ0v) is 10.8. The zero-order valence-electron chi connectivity index (χ0n) is 10.00. The molecule has 0 aliphatic rings. The molecule has 0 spiro atoms. The van der Waals surface area contributed by atoms with Crippen molar-refractivity contribution in [3.8, 4) is 11.9 Å². The number of ether oxygens (including phenoxy) is 1. The van der Waals surface area contributed by atoms with Crippen LogP contribution >= 0.6 is 11.6 Å². The molecule has 96 valence electrons. The average Bonchev–Trinajstić information content (AvgIpc) is 2.88. The predicted octanol–water partition coefficient (Wildman–Crippen LogP) is 1.97. The number of hydrogen-bond acceptors (Lipinski definition) is 5. The maximum Gasteiger partial charge on any atom is 0.358 e. The van der Waals surface area contributed by atoms with E-state index >= 15 is 0 Å². The van der Waals surface area contributed by atoms with Crippen molar-refractivity contribution in [2.24, 2.45) is 0 Å². The molecule has 2 aromatic heterocycles. The highest BCUT2D eigenvalue weighted by molar-refractivity contribution is 6.29. The van der Waals surface area contributed by atoms with Crippen LogP contribution in [0.15, 0.2) is 24.4 Å². The number of carbonyl (C=O) groups excluding carboxylic acids is 1. The van der Waals surface area contributed by atoms with Crippen LogP contribution in [0.25, 0.3) is 5.82 Å². The molecule has 0 saturated heterocycles. The Labute approximate surface area is 114 Å². The molecular formula is C12H9ClN4O2. The molecule has 2 heterocycles. The normalized spacial score (nSPS) is 9.95. The molecule has 0 unspecified atom stereocenters. The van der Waals surface area contributed by atoms with Crippen molar-refractivity contribution < 1.29 is 9.53 Å². The van der Waals surface area contributed by atoms with E-state index in [0.29, 0.717) is 11.4 Å². The molecule has 0 radical (unpaired) electrons. The van der Waals surface area contributed by atoms with Gasteiger partial charge in [0.15, 0.2) is 11.5 Å². The topological polar surface area (TPSA) is 80.8 Å². The molecule has 19 heavy (non-hydrogen) atoms.